The number of hydrogen-bond donors (Lipinski definition) is 3. The highest BCUT2D eigenvalue weighted by molar-refractivity contribution is 6.30. The molecule has 1 unspecified atom stereocenters. The Morgan fingerprint density at radius 1 is 1.15 bits per heavy atom. The van der Waals surface area contributed by atoms with Crippen LogP contribution in [-0.2, 0) is 0 Å². The third-order valence-corrected chi connectivity index (χ3v) is 7.83. The molecule has 2 aromatic rings. The van der Waals surface area contributed by atoms with Gasteiger partial charge >= 0.3 is 0 Å². The number of rotatable bonds is 6. The summed E-state index contributed by atoms with van der Waals surface area (Å²) in [5, 5.41) is 18.8. The van der Waals surface area contributed by atoms with E-state index in [1.165, 1.54) is 38.5 Å². The summed E-state index contributed by atoms with van der Waals surface area (Å²) in [6.07, 6.45) is 13.3. The molecule has 7 nitrogen and oxygen atoms in total. The summed E-state index contributed by atoms with van der Waals surface area (Å²) in [6, 6.07) is 10.5. The van der Waals surface area contributed by atoms with Crippen LogP contribution < -0.4 is 16.0 Å². The number of carbonyl (C=O) groups is 1. The number of guanidine groups is 1. The van der Waals surface area contributed by atoms with Crippen molar-refractivity contribution in [3.05, 3.63) is 59.4 Å². The molecule has 34 heavy (non-hydrogen) atoms. The predicted molar refractivity (Wildman–Crippen MR) is 132 cm³/mol. The molecule has 6 rings (SSSR count). The summed E-state index contributed by atoms with van der Waals surface area (Å²) in [6.45, 7) is 0. The molecule has 0 aliphatic heterocycles. The van der Waals surface area contributed by atoms with Crippen LogP contribution in [0.3, 0.4) is 0 Å². The molecule has 176 valence electrons. The van der Waals surface area contributed by atoms with Gasteiger partial charge in [-0.25, -0.2) is 4.99 Å². The zero-order valence-electron chi connectivity index (χ0n) is 19.0. The number of aliphatic imine (C=N–C) groups is 1. The van der Waals surface area contributed by atoms with E-state index in [-0.39, 0.29) is 11.3 Å². The third-order valence-electron chi connectivity index (χ3n) is 7.58. The van der Waals surface area contributed by atoms with Crippen LogP contribution in [0.2, 0.25) is 5.02 Å². The van der Waals surface area contributed by atoms with Crippen molar-refractivity contribution in [2.75, 3.05) is 5.32 Å². The molecule has 3 N–H and O–H groups in total. The Kier molecular flexibility index (Phi) is 6.42. The minimum atomic E-state index is -0.473. The second-order valence-corrected chi connectivity index (χ2v) is 10.6. The number of nitriles is 1. The average molecular weight is 477 g/mol. The highest BCUT2D eigenvalue weighted by Crippen LogP contribution is 2.61. The highest BCUT2D eigenvalue weighted by Gasteiger charge is 2.51. The molecule has 1 atom stereocenters. The number of nitrogens with zero attached hydrogens (tertiary/aromatic N) is 3. The first-order chi connectivity index (χ1) is 16.5. The van der Waals surface area contributed by atoms with E-state index in [1.807, 2.05) is 18.3 Å². The van der Waals surface area contributed by atoms with Crippen molar-refractivity contribution < 1.29 is 4.79 Å². The number of nitrogens with one attached hydrogen (secondary N) is 3. The van der Waals surface area contributed by atoms with Crippen LogP contribution in [0, 0.1) is 34.6 Å². The number of hydrogen-bond acceptors (Lipinski definition) is 4. The van der Waals surface area contributed by atoms with Crippen molar-refractivity contribution in [3.8, 4) is 6.19 Å². The van der Waals surface area contributed by atoms with E-state index in [4.69, 9.17) is 16.6 Å². The Hall–Kier alpha value is -3.11. The van der Waals surface area contributed by atoms with Gasteiger partial charge in [-0.3, -0.25) is 15.1 Å². The first kappa shape index (κ1) is 22.7. The van der Waals surface area contributed by atoms with Gasteiger partial charge in [0.15, 0.2) is 6.19 Å². The summed E-state index contributed by atoms with van der Waals surface area (Å²) in [4.78, 5) is 22.0. The fourth-order valence-electron chi connectivity index (χ4n) is 6.79. The number of amides is 1. The number of anilines is 1. The van der Waals surface area contributed by atoms with Gasteiger partial charge in [0.2, 0.25) is 5.96 Å². The Balaban J connectivity index is 1.41. The van der Waals surface area contributed by atoms with E-state index < -0.39 is 6.17 Å². The number of pyridine rings is 1. The van der Waals surface area contributed by atoms with Crippen LogP contribution in [0.1, 0.15) is 55.3 Å². The molecule has 1 amide bonds. The predicted octanol–water partition coefficient (Wildman–Crippen LogP) is 4.94. The Morgan fingerprint density at radius 3 is 2.41 bits per heavy atom. The molecule has 4 aliphatic rings. The SMILES string of the molecule is N#CNC(=NC(CC12CC3CC(CC(C3)C1)C2)NC(=O)c1ccc(Cl)cc1)Nc1cccnc1. The Bertz CT molecular complexity index is 1060. The van der Waals surface area contributed by atoms with Gasteiger partial charge in [-0.1, -0.05) is 11.6 Å². The normalized spacial score (nSPS) is 28.1. The molecule has 0 radical (unpaired) electrons. The lowest BCUT2D eigenvalue weighted by Crippen LogP contribution is -2.49. The van der Waals surface area contributed by atoms with Gasteiger partial charge in [0.25, 0.3) is 5.91 Å². The number of carbonyl (C=O) groups excluding carboxylic acids is 1. The summed E-state index contributed by atoms with van der Waals surface area (Å²) in [7, 11) is 0. The molecular formula is C26H29ClN6O. The topological polar surface area (TPSA) is 102 Å². The Morgan fingerprint density at radius 2 is 1.82 bits per heavy atom. The molecule has 4 bridgehead atoms. The lowest BCUT2D eigenvalue weighted by molar-refractivity contribution is -0.0611. The number of aromatic nitrogens is 1. The van der Waals surface area contributed by atoms with Gasteiger partial charge in [0.05, 0.1) is 11.9 Å². The minimum absolute atomic E-state index is 0.197. The van der Waals surface area contributed by atoms with Crippen molar-refractivity contribution in [2.45, 2.75) is 51.1 Å². The second-order valence-electron chi connectivity index (χ2n) is 10.2. The average Bonchev–Trinajstić information content (AvgIpc) is 2.79. The molecule has 0 saturated heterocycles. The van der Waals surface area contributed by atoms with Crippen LogP contribution in [0.4, 0.5) is 5.69 Å². The van der Waals surface area contributed by atoms with Crippen molar-refractivity contribution >= 4 is 29.2 Å². The van der Waals surface area contributed by atoms with E-state index >= 15 is 0 Å². The number of benzene rings is 1. The quantitative estimate of drug-likeness (QED) is 0.237. The van der Waals surface area contributed by atoms with Crippen LogP contribution in [0.15, 0.2) is 53.8 Å². The fourth-order valence-corrected chi connectivity index (χ4v) is 6.92. The number of halogens is 1. The maximum atomic E-state index is 13.1. The molecule has 1 heterocycles. The summed E-state index contributed by atoms with van der Waals surface area (Å²) < 4.78 is 0. The van der Waals surface area contributed by atoms with E-state index in [2.05, 4.69) is 20.9 Å². The van der Waals surface area contributed by atoms with Crippen molar-refractivity contribution in [1.82, 2.24) is 15.6 Å². The van der Waals surface area contributed by atoms with E-state index in [0.29, 0.717) is 22.2 Å². The van der Waals surface area contributed by atoms with E-state index in [1.54, 1.807) is 36.7 Å². The largest absolute Gasteiger partial charge is 0.330 e. The monoisotopic (exact) mass is 476 g/mol. The first-order valence-electron chi connectivity index (χ1n) is 12.0. The molecule has 1 aromatic carbocycles. The van der Waals surface area contributed by atoms with Crippen LogP contribution >= 0.6 is 11.6 Å². The second kappa shape index (κ2) is 9.63. The maximum absolute atomic E-state index is 13.1. The van der Waals surface area contributed by atoms with Gasteiger partial charge < -0.3 is 10.6 Å². The highest BCUT2D eigenvalue weighted by atomic mass is 35.5. The van der Waals surface area contributed by atoms with Gasteiger partial charge in [0.1, 0.15) is 6.17 Å². The summed E-state index contributed by atoms with van der Waals surface area (Å²) in [5.41, 5.74) is 1.44. The fraction of sp³-hybridized carbons (Fsp3) is 0.462. The molecular weight excluding hydrogens is 448 g/mol. The summed E-state index contributed by atoms with van der Waals surface area (Å²) >= 11 is 6.00. The molecule has 0 spiro atoms. The Labute approximate surface area is 205 Å². The zero-order chi connectivity index (χ0) is 23.5. The van der Waals surface area contributed by atoms with E-state index in [9.17, 15) is 10.1 Å². The standard InChI is InChI=1S/C26H29ClN6O/c27-21-5-3-20(4-6-21)24(34)32-23(33-25(30-16-28)31-22-2-1-7-29-15-22)14-26-11-17-8-18(12-26)10-19(9-17)13-26/h1-7,15,17-19,23H,8-14H2,(H,32,34)(H2,30,31,33). The van der Waals surface area contributed by atoms with Crippen molar-refractivity contribution in [1.29, 1.82) is 5.26 Å². The smallest absolute Gasteiger partial charge is 0.252 e. The first-order valence-corrected chi connectivity index (χ1v) is 12.3. The lowest BCUT2D eigenvalue weighted by atomic mass is 9.48. The van der Waals surface area contributed by atoms with Gasteiger partial charge in [-0.15, -0.1) is 0 Å². The zero-order valence-corrected chi connectivity index (χ0v) is 19.8. The van der Waals surface area contributed by atoms with Crippen LogP contribution in [-0.4, -0.2) is 23.0 Å². The van der Waals surface area contributed by atoms with Crippen molar-refractivity contribution in [3.63, 3.8) is 0 Å². The molecule has 8 heteroatoms. The molecule has 4 fully saturated rings. The molecule has 1 aromatic heterocycles. The van der Waals surface area contributed by atoms with Crippen molar-refractivity contribution in [2.24, 2.45) is 28.2 Å². The third kappa shape index (κ3) is 5.18. The van der Waals surface area contributed by atoms with Gasteiger partial charge in [0, 0.05) is 16.8 Å². The summed E-state index contributed by atoms with van der Waals surface area (Å²) in [5.74, 6) is 2.49. The van der Waals surface area contributed by atoms with Gasteiger partial charge in [-0.2, -0.15) is 5.26 Å². The maximum Gasteiger partial charge on any atom is 0.252 e. The lowest BCUT2D eigenvalue weighted by Gasteiger charge is -2.57. The van der Waals surface area contributed by atoms with Crippen LogP contribution in [0.25, 0.3) is 0 Å². The minimum Gasteiger partial charge on any atom is -0.330 e. The molecule has 4 aliphatic carbocycles. The van der Waals surface area contributed by atoms with E-state index in [0.717, 1.165) is 24.2 Å². The van der Waals surface area contributed by atoms with Crippen LogP contribution in [0.5, 0.6) is 0 Å². The van der Waals surface area contributed by atoms with Gasteiger partial charge in [-0.05, 0) is 105 Å². The molecule has 4 saturated carbocycles.